The largest absolute Gasteiger partial charge is 0.446 e. The van der Waals surface area contributed by atoms with Crippen LogP contribution in [0.3, 0.4) is 0 Å². The molecule has 0 aliphatic carbocycles. The van der Waals surface area contributed by atoms with Crippen LogP contribution in [0.2, 0.25) is 0 Å². The number of alkyl halides is 3. The molecule has 11 heteroatoms. The number of rotatable bonds is 4. The molecule has 2 aromatic carbocycles. The molecule has 0 radical (unpaired) electrons. The van der Waals surface area contributed by atoms with Gasteiger partial charge in [0.1, 0.15) is 0 Å². The molecule has 0 saturated heterocycles. The number of nitrogens with one attached hydrogen (secondary N) is 1. The first-order chi connectivity index (χ1) is 12.0. The standard InChI is InChI=1S/C15H11F3N2O3S3/c1-20-13-6-5-11(8-12(13)14(21)25-20)26(22,23)19-9-3-2-4-10(7-9)24-15(16,17)18/h2-8,19H,1H3. The zero-order valence-corrected chi connectivity index (χ0v) is 15.5. The summed E-state index contributed by atoms with van der Waals surface area (Å²) < 4.78 is 66.0. The highest BCUT2D eigenvalue weighted by Gasteiger charge is 2.29. The molecule has 0 atom stereocenters. The highest BCUT2D eigenvalue weighted by molar-refractivity contribution is 8.00. The molecule has 1 aromatic heterocycles. The van der Waals surface area contributed by atoms with E-state index >= 15 is 0 Å². The van der Waals surface area contributed by atoms with Crippen LogP contribution in [-0.4, -0.2) is 17.9 Å². The van der Waals surface area contributed by atoms with Gasteiger partial charge in [0.15, 0.2) is 0 Å². The van der Waals surface area contributed by atoms with Crippen molar-refractivity contribution in [2.24, 2.45) is 7.05 Å². The zero-order valence-electron chi connectivity index (χ0n) is 13.1. The second-order valence-corrected chi connectivity index (χ2v) is 9.16. The van der Waals surface area contributed by atoms with Gasteiger partial charge in [-0.05, 0) is 59.7 Å². The smallest absolute Gasteiger partial charge is 0.297 e. The van der Waals surface area contributed by atoms with Crippen molar-refractivity contribution in [3.63, 3.8) is 0 Å². The molecule has 26 heavy (non-hydrogen) atoms. The van der Waals surface area contributed by atoms with E-state index in [0.29, 0.717) is 5.52 Å². The van der Waals surface area contributed by atoms with Crippen molar-refractivity contribution >= 4 is 49.9 Å². The van der Waals surface area contributed by atoms with Gasteiger partial charge >= 0.3 is 5.51 Å². The Bertz CT molecular complexity index is 1130. The molecule has 1 N–H and O–H groups in total. The van der Waals surface area contributed by atoms with Crippen LogP contribution in [0.15, 0.2) is 57.1 Å². The summed E-state index contributed by atoms with van der Waals surface area (Å²) in [6.07, 6.45) is 0. The Morgan fingerprint density at radius 2 is 1.88 bits per heavy atom. The van der Waals surface area contributed by atoms with Crippen LogP contribution in [0.1, 0.15) is 0 Å². The first-order valence-corrected chi connectivity index (χ1v) is 10.1. The van der Waals surface area contributed by atoms with Crippen LogP contribution in [0, 0.1) is 0 Å². The van der Waals surface area contributed by atoms with Crippen LogP contribution in [0.5, 0.6) is 0 Å². The van der Waals surface area contributed by atoms with E-state index in [9.17, 15) is 26.4 Å². The summed E-state index contributed by atoms with van der Waals surface area (Å²) in [6, 6.07) is 9.10. The maximum atomic E-state index is 12.5. The lowest BCUT2D eigenvalue weighted by molar-refractivity contribution is -0.0328. The number of nitrogens with zero attached hydrogens (tertiary/aromatic N) is 1. The summed E-state index contributed by atoms with van der Waals surface area (Å²) in [5.41, 5.74) is -3.87. The SMILES string of the molecule is Cn1sc(=O)c2cc(S(=O)(=O)Nc3cccc(SC(F)(F)F)c3)ccc21. The average Bonchev–Trinajstić information content (AvgIpc) is 2.80. The molecule has 5 nitrogen and oxygen atoms in total. The van der Waals surface area contributed by atoms with Crippen molar-refractivity contribution < 1.29 is 21.6 Å². The van der Waals surface area contributed by atoms with Crippen molar-refractivity contribution in [3.8, 4) is 0 Å². The number of anilines is 1. The Hall–Kier alpha value is -1.98. The van der Waals surface area contributed by atoms with Gasteiger partial charge in [-0.1, -0.05) is 6.07 Å². The molecule has 0 aliphatic rings. The Labute approximate surface area is 154 Å². The van der Waals surface area contributed by atoms with Gasteiger partial charge < -0.3 is 0 Å². The molecule has 138 valence electrons. The monoisotopic (exact) mass is 420 g/mol. The van der Waals surface area contributed by atoms with Gasteiger partial charge in [-0.3, -0.25) is 13.5 Å². The first-order valence-electron chi connectivity index (χ1n) is 7.04. The van der Waals surface area contributed by atoms with Crippen LogP contribution >= 0.6 is 23.3 Å². The van der Waals surface area contributed by atoms with Crippen LogP contribution in [-0.2, 0) is 17.1 Å². The maximum Gasteiger partial charge on any atom is 0.446 e. The normalized spacial score (nSPS) is 12.5. The number of thioether (sulfide) groups is 1. The Morgan fingerprint density at radius 1 is 1.15 bits per heavy atom. The highest BCUT2D eigenvalue weighted by Crippen LogP contribution is 2.37. The summed E-state index contributed by atoms with van der Waals surface area (Å²) in [5.74, 6) is 0. The second kappa shape index (κ2) is 6.63. The number of aryl methyl sites for hydroxylation is 1. The lowest BCUT2D eigenvalue weighted by Crippen LogP contribution is -2.13. The minimum Gasteiger partial charge on any atom is -0.297 e. The second-order valence-electron chi connectivity index (χ2n) is 5.24. The van der Waals surface area contributed by atoms with Crippen LogP contribution < -0.4 is 9.46 Å². The Kier molecular flexibility index (Phi) is 4.80. The molecule has 1 heterocycles. The minimum atomic E-state index is -4.47. The number of hydrogen-bond donors (Lipinski definition) is 1. The van der Waals surface area contributed by atoms with Crippen LogP contribution in [0.4, 0.5) is 18.9 Å². The summed E-state index contributed by atoms with van der Waals surface area (Å²) >= 11 is 0.615. The van der Waals surface area contributed by atoms with E-state index in [-0.39, 0.29) is 37.4 Å². The highest BCUT2D eigenvalue weighted by atomic mass is 32.2. The predicted octanol–water partition coefficient (Wildman–Crippen LogP) is 4.01. The number of sulfonamides is 1. The average molecular weight is 420 g/mol. The lowest BCUT2D eigenvalue weighted by Gasteiger charge is -2.10. The third kappa shape index (κ3) is 4.05. The molecule has 0 spiro atoms. The number of benzene rings is 2. The number of halogens is 3. The van der Waals surface area contributed by atoms with Gasteiger partial charge in [-0.15, -0.1) is 0 Å². The van der Waals surface area contributed by atoms with Gasteiger partial charge in [0.05, 0.1) is 15.8 Å². The summed E-state index contributed by atoms with van der Waals surface area (Å²) in [6.45, 7) is 0. The molecule has 0 fully saturated rings. The Morgan fingerprint density at radius 3 is 2.58 bits per heavy atom. The van der Waals surface area contributed by atoms with E-state index in [1.54, 1.807) is 11.0 Å². The third-order valence-electron chi connectivity index (χ3n) is 3.38. The predicted molar refractivity (Wildman–Crippen MR) is 96.2 cm³/mol. The quantitative estimate of drug-likeness (QED) is 0.648. The molecule has 0 saturated carbocycles. The van der Waals surface area contributed by atoms with Crippen molar-refractivity contribution in [2.75, 3.05) is 4.72 Å². The molecule has 3 aromatic rings. The minimum absolute atomic E-state index is 0.00225. The van der Waals surface area contributed by atoms with E-state index in [4.69, 9.17) is 0 Å². The van der Waals surface area contributed by atoms with E-state index in [0.717, 1.165) is 17.6 Å². The molecule has 0 aliphatic heterocycles. The topological polar surface area (TPSA) is 68.2 Å². The lowest BCUT2D eigenvalue weighted by atomic mass is 10.2. The molecular weight excluding hydrogens is 409 g/mol. The van der Waals surface area contributed by atoms with Gasteiger partial charge in [0.2, 0.25) is 0 Å². The zero-order chi connectivity index (χ0) is 19.1. The first kappa shape index (κ1) is 18.8. The van der Waals surface area contributed by atoms with E-state index in [2.05, 4.69) is 4.72 Å². The van der Waals surface area contributed by atoms with E-state index in [1.165, 1.54) is 36.4 Å². The number of hydrogen-bond acceptors (Lipinski definition) is 5. The summed E-state index contributed by atoms with van der Waals surface area (Å²) in [7, 11) is -2.37. The molecule has 0 amide bonds. The fraction of sp³-hybridized carbons (Fsp3) is 0.133. The van der Waals surface area contributed by atoms with Crippen molar-refractivity contribution in [3.05, 3.63) is 52.0 Å². The third-order valence-corrected chi connectivity index (χ3v) is 6.33. The van der Waals surface area contributed by atoms with Gasteiger partial charge in [0, 0.05) is 17.6 Å². The Balaban J connectivity index is 1.93. The van der Waals surface area contributed by atoms with Gasteiger partial charge in [0.25, 0.3) is 14.8 Å². The maximum absolute atomic E-state index is 12.5. The summed E-state index contributed by atoms with van der Waals surface area (Å²) in [4.78, 5) is 11.6. The fourth-order valence-corrected chi connectivity index (χ4v) is 4.76. The van der Waals surface area contributed by atoms with Gasteiger partial charge in [-0.25, -0.2) is 8.42 Å². The molecule has 0 bridgehead atoms. The van der Waals surface area contributed by atoms with Gasteiger partial charge in [-0.2, -0.15) is 13.2 Å². The summed E-state index contributed by atoms with van der Waals surface area (Å²) in [5, 5.41) is 0.266. The van der Waals surface area contributed by atoms with Crippen molar-refractivity contribution in [1.82, 2.24) is 3.96 Å². The fourth-order valence-electron chi connectivity index (χ4n) is 2.31. The van der Waals surface area contributed by atoms with Crippen LogP contribution in [0.25, 0.3) is 10.9 Å². The van der Waals surface area contributed by atoms with Crippen molar-refractivity contribution in [1.29, 1.82) is 0 Å². The number of fused-ring (bicyclic) bond motifs is 1. The van der Waals surface area contributed by atoms with Crippen molar-refractivity contribution in [2.45, 2.75) is 15.3 Å². The van der Waals surface area contributed by atoms with E-state index in [1.807, 2.05) is 0 Å². The molecule has 0 unspecified atom stereocenters. The number of aromatic nitrogens is 1. The molecular formula is C15H11F3N2O3S3. The molecule has 3 rings (SSSR count). The van der Waals surface area contributed by atoms with E-state index < -0.39 is 15.5 Å².